The van der Waals surface area contributed by atoms with Gasteiger partial charge in [-0.3, -0.25) is 4.79 Å². The van der Waals surface area contributed by atoms with Gasteiger partial charge in [-0.2, -0.15) is 0 Å². The molecule has 2 heterocycles. The Balaban J connectivity index is 1.36. The summed E-state index contributed by atoms with van der Waals surface area (Å²) in [5.41, 5.74) is 6.18. The van der Waals surface area contributed by atoms with Crippen LogP contribution in [0.1, 0.15) is 41.4 Å². The Morgan fingerprint density at radius 2 is 1.95 bits per heavy atom. The van der Waals surface area contributed by atoms with Crippen molar-refractivity contribution in [2.45, 2.75) is 43.4 Å². The molecule has 1 aliphatic carbocycles. The van der Waals surface area contributed by atoms with Crippen molar-refractivity contribution in [3.8, 4) is 28.5 Å². The molecule has 0 saturated heterocycles. The van der Waals surface area contributed by atoms with E-state index in [1.54, 1.807) is 13.0 Å². The minimum absolute atomic E-state index is 0.103. The second-order valence-electron chi connectivity index (χ2n) is 10.1. The molecule has 0 spiro atoms. The van der Waals surface area contributed by atoms with E-state index >= 15 is 4.39 Å². The van der Waals surface area contributed by atoms with Crippen LogP contribution in [-0.2, 0) is 11.4 Å². The summed E-state index contributed by atoms with van der Waals surface area (Å²) in [6.07, 6.45) is 0.490. The zero-order chi connectivity index (χ0) is 27.9. The Hall–Kier alpha value is -3.80. The fourth-order valence-electron chi connectivity index (χ4n) is 4.51. The molecule has 11 heteroatoms. The average molecular weight is 542 g/mol. The number of hydrogen-bond acceptors (Lipinski definition) is 8. The van der Waals surface area contributed by atoms with E-state index in [1.807, 2.05) is 0 Å². The van der Waals surface area contributed by atoms with Gasteiger partial charge in [0.25, 0.3) is 11.8 Å². The third-order valence-corrected chi connectivity index (χ3v) is 6.89. The fraction of sp³-hybridized carbons (Fsp3) is 0.357. The van der Waals surface area contributed by atoms with E-state index in [2.05, 4.69) is 10.3 Å². The number of nitrogens with one attached hydrogen (secondary N) is 1. The van der Waals surface area contributed by atoms with Crippen molar-refractivity contribution in [1.29, 1.82) is 0 Å². The van der Waals surface area contributed by atoms with Gasteiger partial charge >= 0.3 is 0 Å². The molecule has 206 valence electrons. The molecule has 2 aliphatic rings. The number of pyridine rings is 1. The lowest BCUT2D eigenvalue weighted by Crippen LogP contribution is -2.39. The molecular weight excluding hydrogens is 512 g/mol. The highest BCUT2D eigenvalue weighted by molar-refractivity contribution is 5.95. The predicted molar refractivity (Wildman–Crippen MR) is 137 cm³/mol. The summed E-state index contributed by atoms with van der Waals surface area (Å²) in [6, 6.07) is 11.2. The van der Waals surface area contributed by atoms with E-state index in [0.717, 1.165) is 0 Å². The standard InChI is InChI=1S/C28H29F2N3O6/c1-27(31)14-38-25-20(27)12-23(33-24(25)15-3-6-17(29)7-4-15)28(30,36)13-32-26(35)16-5-8-21(22(9-16)37-2)39-19-10-18(34)11-19/h3-9,12,18-19,34,36H,10-11,13-14,31H2,1-2H3,(H,32,35). The minimum atomic E-state index is -3.07. The molecule has 9 nitrogen and oxygen atoms in total. The number of rotatable bonds is 8. The number of carbonyl (C=O) groups excluding carboxylic acids is 1. The van der Waals surface area contributed by atoms with Crippen LogP contribution in [0.25, 0.3) is 11.3 Å². The van der Waals surface area contributed by atoms with Crippen molar-refractivity contribution in [3.63, 3.8) is 0 Å². The lowest BCUT2D eigenvalue weighted by atomic mass is 9.92. The smallest absolute Gasteiger partial charge is 0.267 e. The Kier molecular flexibility index (Phi) is 6.91. The van der Waals surface area contributed by atoms with Crippen molar-refractivity contribution in [2.24, 2.45) is 5.73 Å². The van der Waals surface area contributed by atoms with Crippen LogP contribution in [0.4, 0.5) is 8.78 Å². The van der Waals surface area contributed by atoms with Crippen LogP contribution in [0.15, 0.2) is 48.5 Å². The van der Waals surface area contributed by atoms with Crippen molar-refractivity contribution in [1.82, 2.24) is 10.3 Å². The molecular formula is C28H29F2N3O6. The van der Waals surface area contributed by atoms with Crippen LogP contribution in [0.5, 0.6) is 17.2 Å². The number of aromatic nitrogens is 1. The number of hydrogen-bond donors (Lipinski definition) is 4. The molecule has 0 radical (unpaired) electrons. The van der Waals surface area contributed by atoms with Gasteiger partial charge in [-0.05, 0) is 55.5 Å². The molecule has 1 aromatic heterocycles. The summed E-state index contributed by atoms with van der Waals surface area (Å²) >= 11 is 0. The monoisotopic (exact) mass is 541 g/mol. The molecule has 1 fully saturated rings. The molecule has 2 unspecified atom stereocenters. The summed E-state index contributed by atoms with van der Waals surface area (Å²) < 4.78 is 46.0. The number of aliphatic hydroxyl groups excluding tert-OH is 1. The van der Waals surface area contributed by atoms with E-state index < -0.39 is 29.7 Å². The van der Waals surface area contributed by atoms with E-state index in [9.17, 15) is 19.4 Å². The molecule has 1 saturated carbocycles. The number of ether oxygens (including phenoxy) is 3. The summed E-state index contributed by atoms with van der Waals surface area (Å²) in [5, 5.41) is 22.6. The van der Waals surface area contributed by atoms with Gasteiger partial charge < -0.3 is 35.5 Å². The van der Waals surface area contributed by atoms with Gasteiger partial charge in [0.15, 0.2) is 17.2 Å². The molecule has 3 aromatic rings. The van der Waals surface area contributed by atoms with Crippen LogP contribution in [-0.4, -0.2) is 53.6 Å². The summed E-state index contributed by atoms with van der Waals surface area (Å²) in [5.74, 6) is -3.17. The number of methoxy groups -OCH3 is 1. The first-order valence-corrected chi connectivity index (χ1v) is 12.4. The fourth-order valence-corrected chi connectivity index (χ4v) is 4.51. The highest BCUT2D eigenvalue weighted by atomic mass is 19.2. The molecule has 1 amide bonds. The number of nitrogens with two attached hydrogens (primary N) is 1. The van der Waals surface area contributed by atoms with E-state index in [-0.39, 0.29) is 35.8 Å². The molecule has 0 bridgehead atoms. The highest BCUT2D eigenvalue weighted by Crippen LogP contribution is 2.43. The number of alkyl halides is 1. The second kappa shape index (κ2) is 10.1. The summed E-state index contributed by atoms with van der Waals surface area (Å²) in [7, 11) is 1.42. The van der Waals surface area contributed by atoms with Crippen LogP contribution < -0.4 is 25.3 Å². The Morgan fingerprint density at radius 1 is 1.23 bits per heavy atom. The summed E-state index contributed by atoms with van der Waals surface area (Å²) in [4.78, 5) is 17.1. The Labute approximate surface area is 223 Å². The SMILES string of the molecule is COc1cc(C(=O)NCC(O)(F)c2cc3c(c(-c4ccc(F)cc4)n2)OCC3(C)N)ccc1OC1CC(O)C1. The van der Waals surface area contributed by atoms with Crippen molar-refractivity contribution in [3.05, 3.63) is 71.2 Å². The topological polar surface area (TPSA) is 136 Å². The highest BCUT2D eigenvalue weighted by Gasteiger charge is 2.40. The van der Waals surface area contributed by atoms with Gasteiger partial charge in [0.1, 0.15) is 29.9 Å². The number of carbonyl (C=O) groups is 1. The Bertz CT molecular complexity index is 1390. The van der Waals surface area contributed by atoms with Crippen LogP contribution in [0.3, 0.4) is 0 Å². The molecule has 2 atom stereocenters. The van der Waals surface area contributed by atoms with E-state index in [1.165, 1.54) is 49.6 Å². The van der Waals surface area contributed by atoms with Gasteiger partial charge in [0, 0.05) is 29.5 Å². The zero-order valence-electron chi connectivity index (χ0n) is 21.4. The van der Waals surface area contributed by atoms with Gasteiger partial charge in [0.2, 0.25) is 0 Å². The Morgan fingerprint density at radius 3 is 2.62 bits per heavy atom. The van der Waals surface area contributed by atoms with Crippen LogP contribution in [0.2, 0.25) is 0 Å². The van der Waals surface area contributed by atoms with E-state index in [4.69, 9.17) is 19.9 Å². The first-order valence-electron chi connectivity index (χ1n) is 12.4. The number of halogens is 2. The minimum Gasteiger partial charge on any atom is -0.493 e. The molecule has 5 N–H and O–H groups in total. The van der Waals surface area contributed by atoms with Gasteiger partial charge in [-0.1, -0.05) is 0 Å². The third kappa shape index (κ3) is 5.38. The van der Waals surface area contributed by atoms with Crippen molar-refractivity contribution < 1.29 is 38.0 Å². The van der Waals surface area contributed by atoms with E-state index in [0.29, 0.717) is 41.2 Å². The molecule has 1 aliphatic heterocycles. The summed E-state index contributed by atoms with van der Waals surface area (Å²) in [6.45, 7) is 0.985. The van der Waals surface area contributed by atoms with Crippen LogP contribution in [0, 0.1) is 5.82 Å². The van der Waals surface area contributed by atoms with Gasteiger partial charge in [-0.15, -0.1) is 0 Å². The lowest BCUT2D eigenvalue weighted by Gasteiger charge is -2.32. The third-order valence-electron chi connectivity index (χ3n) is 6.89. The van der Waals surface area contributed by atoms with Crippen molar-refractivity contribution in [2.75, 3.05) is 20.3 Å². The molecule has 5 rings (SSSR count). The maximum atomic E-state index is 15.7. The van der Waals surface area contributed by atoms with Crippen molar-refractivity contribution >= 4 is 5.91 Å². The average Bonchev–Trinajstić information content (AvgIpc) is 3.21. The normalized spacial score (nSPS) is 23.2. The number of benzene rings is 2. The largest absolute Gasteiger partial charge is 0.493 e. The van der Waals surface area contributed by atoms with Crippen LogP contribution >= 0.6 is 0 Å². The number of amides is 1. The predicted octanol–water partition coefficient (Wildman–Crippen LogP) is 2.91. The first-order chi connectivity index (χ1) is 18.5. The number of aliphatic hydroxyl groups is 2. The quantitative estimate of drug-likeness (QED) is 0.342. The van der Waals surface area contributed by atoms with Gasteiger partial charge in [0.05, 0.1) is 25.3 Å². The molecule has 39 heavy (non-hydrogen) atoms. The second-order valence-corrected chi connectivity index (χ2v) is 10.1. The zero-order valence-corrected chi connectivity index (χ0v) is 21.4. The molecule has 2 aromatic carbocycles. The number of fused-ring (bicyclic) bond motifs is 1. The van der Waals surface area contributed by atoms with Gasteiger partial charge in [-0.25, -0.2) is 13.8 Å². The first kappa shape index (κ1) is 26.8. The maximum absolute atomic E-state index is 15.7. The maximum Gasteiger partial charge on any atom is 0.267 e. The number of nitrogens with zero attached hydrogens (tertiary/aromatic N) is 1. The lowest BCUT2D eigenvalue weighted by molar-refractivity contribution is -0.0943.